The SMILES string of the molecule is C=C/C(S/N=C(N)/C(C)=C(/C)O)=C(\C=C/C)n1ccc(CN(C=O)C(CCCC)=NC2(C)CCCC2)c1. The molecule has 1 aliphatic rings. The lowest BCUT2D eigenvalue weighted by atomic mass is 10.0. The van der Waals surface area contributed by atoms with Gasteiger partial charge in [-0.05, 0) is 64.7 Å². The average molecular weight is 526 g/mol. The summed E-state index contributed by atoms with van der Waals surface area (Å²) in [5.41, 5.74) is 8.36. The van der Waals surface area contributed by atoms with E-state index in [2.05, 4.69) is 24.8 Å². The average Bonchev–Trinajstić information content (AvgIpc) is 3.53. The lowest BCUT2D eigenvalue weighted by molar-refractivity contribution is -0.115. The normalized spacial score (nSPS) is 17.5. The first-order chi connectivity index (χ1) is 17.7. The van der Waals surface area contributed by atoms with Crippen LogP contribution in [0.1, 0.15) is 85.1 Å². The molecule has 1 aliphatic carbocycles. The first-order valence-electron chi connectivity index (χ1n) is 13.0. The van der Waals surface area contributed by atoms with Gasteiger partial charge in [-0.15, -0.1) is 0 Å². The minimum Gasteiger partial charge on any atom is -0.512 e. The molecule has 1 saturated carbocycles. The van der Waals surface area contributed by atoms with Crippen LogP contribution in [0.2, 0.25) is 0 Å². The maximum Gasteiger partial charge on any atom is 0.215 e. The van der Waals surface area contributed by atoms with Gasteiger partial charge in [-0.2, -0.15) is 4.40 Å². The van der Waals surface area contributed by atoms with E-state index in [1.807, 2.05) is 42.1 Å². The van der Waals surface area contributed by atoms with Crippen molar-refractivity contribution in [2.45, 2.75) is 91.6 Å². The molecule has 2 rings (SSSR count). The summed E-state index contributed by atoms with van der Waals surface area (Å²) in [7, 11) is 0. The number of unbranched alkanes of at least 4 members (excludes halogenated alkanes) is 1. The third kappa shape index (κ3) is 8.81. The molecule has 0 radical (unpaired) electrons. The van der Waals surface area contributed by atoms with E-state index in [-0.39, 0.29) is 17.1 Å². The Bertz CT molecular complexity index is 1080. The van der Waals surface area contributed by atoms with E-state index in [4.69, 9.17) is 10.7 Å². The highest BCUT2D eigenvalue weighted by Crippen LogP contribution is 2.33. The topological polar surface area (TPSA) is 96.2 Å². The molecule has 202 valence electrons. The number of carbonyl (C=O) groups excluding carboxylic acids is 1. The van der Waals surface area contributed by atoms with Crippen LogP contribution in [0.15, 0.2) is 68.9 Å². The molecule has 8 heteroatoms. The van der Waals surface area contributed by atoms with Gasteiger partial charge in [0.1, 0.15) is 11.7 Å². The van der Waals surface area contributed by atoms with Crippen LogP contribution in [0, 0.1) is 0 Å². The summed E-state index contributed by atoms with van der Waals surface area (Å²) in [6.45, 7) is 14.0. The number of amidine groups is 2. The van der Waals surface area contributed by atoms with Crippen LogP contribution < -0.4 is 5.73 Å². The molecule has 37 heavy (non-hydrogen) atoms. The minimum atomic E-state index is -0.0708. The first-order valence-corrected chi connectivity index (χ1v) is 13.8. The van der Waals surface area contributed by atoms with Gasteiger partial charge in [0.25, 0.3) is 0 Å². The lowest BCUT2D eigenvalue weighted by Gasteiger charge is -2.25. The Morgan fingerprint density at radius 2 is 2.05 bits per heavy atom. The van der Waals surface area contributed by atoms with Gasteiger partial charge in [-0.1, -0.05) is 44.9 Å². The fourth-order valence-corrected chi connectivity index (χ4v) is 4.90. The fourth-order valence-electron chi connectivity index (χ4n) is 4.22. The summed E-state index contributed by atoms with van der Waals surface area (Å²) >= 11 is 1.20. The zero-order valence-electron chi connectivity index (χ0n) is 23.0. The second-order valence-corrected chi connectivity index (χ2v) is 10.5. The third-order valence-corrected chi connectivity index (χ3v) is 7.47. The number of hydrogen-bond donors (Lipinski definition) is 2. The monoisotopic (exact) mass is 525 g/mol. The largest absolute Gasteiger partial charge is 0.512 e. The highest BCUT2D eigenvalue weighted by Gasteiger charge is 2.29. The Hall–Kier alpha value is -3.00. The highest BCUT2D eigenvalue weighted by molar-refractivity contribution is 8.02. The molecule has 1 aromatic rings. The number of nitrogens with zero attached hydrogens (tertiary/aromatic N) is 4. The number of aromatic nitrogens is 1. The molecule has 1 aromatic heterocycles. The summed E-state index contributed by atoms with van der Waals surface area (Å²) < 4.78 is 6.36. The van der Waals surface area contributed by atoms with Crippen molar-refractivity contribution in [3.05, 3.63) is 65.1 Å². The maximum atomic E-state index is 12.2. The third-order valence-electron chi connectivity index (χ3n) is 6.61. The lowest BCUT2D eigenvalue weighted by Crippen LogP contribution is -2.32. The number of amides is 1. The van der Waals surface area contributed by atoms with Gasteiger partial charge in [0.15, 0.2) is 0 Å². The van der Waals surface area contributed by atoms with E-state index in [0.717, 1.165) is 60.5 Å². The number of aliphatic hydroxyl groups is 1. The van der Waals surface area contributed by atoms with Crippen molar-refractivity contribution in [2.24, 2.45) is 15.1 Å². The molecule has 0 bridgehead atoms. The van der Waals surface area contributed by atoms with Crippen LogP contribution in [0.4, 0.5) is 0 Å². The Morgan fingerprint density at radius 1 is 1.35 bits per heavy atom. The molecule has 0 aliphatic heterocycles. The molecule has 3 N–H and O–H groups in total. The zero-order valence-corrected chi connectivity index (χ0v) is 23.9. The van der Waals surface area contributed by atoms with Gasteiger partial charge in [-0.3, -0.25) is 14.7 Å². The standard InChI is InChI=1S/C29H43N5O2S/c1-7-10-14-27(31-29(6)16-11-12-17-29)34(21-35)20-24-15-18-33(19-24)25(13-8-2)26(9-3)37-32-28(30)22(4)23(5)36/h8-9,13,15,18-19,21,36H,3,7,10-12,14,16-17,20H2,1-2,4-6H3,(H2,30,32)/b13-8-,23-22-,26-25-,31-27?. The Morgan fingerprint density at radius 3 is 2.62 bits per heavy atom. The Kier molecular flexibility index (Phi) is 12.0. The van der Waals surface area contributed by atoms with Crippen LogP contribution in [-0.2, 0) is 11.3 Å². The molecule has 1 heterocycles. The van der Waals surface area contributed by atoms with E-state index in [1.165, 1.54) is 24.8 Å². The van der Waals surface area contributed by atoms with Gasteiger partial charge < -0.3 is 15.4 Å². The predicted octanol–water partition coefficient (Wildman–Crippen LogP) is 7.16. The summed E-state index contributed by atoms with van der Waals surface area (Å²) in [5, 5.41) is 9.69. The Balaban J connectivity index is 2.35. The van der Waals surface area contributed by atoms with Crippen molar-refractivity contribution in [3.63, 3.8) is 0 Å². The van der Waals surface area contributed by atoms with Gasteiger partial charge >= 0.3 is 0 Å². The second kappa shape index (κ2) is 14.7. The molecule has 1 fully saturated rings. The quantitative estimate of drug-likeness (QED) is 0.0713. The molecule has 0 saturated heterocycles. The molecule has 0 aromatic carbocycles. The summed E-state index contributed by atoms with van der Waals surface area (Å²) in [6.07, 6.45) is 17.9. The number of hydrogen-bond acceptors (Lipinski definition) is 5. The summed E-state index contributed by atoms with van der Waals surface area (Å²) in [4.78, 5) is 19.9. The van der Waals surface area contributed by atoms with Gasteiger partial charge in [0, 0.05) is 36.3 Å². The molecule has 7 nitrogen and oxygen atoms in total. The number of nitrogens with two attached hydrogens (primary N) is 1. The van der Waals surface area contributed by atoms with Gasteiger partial charge in [-0.25, -0.2) is 0 Å². The number of aliphatic imine (C=N–C) groups is 1. The van der Waals surface area contributed by atoms with Crippen LogP contribution >= 0.6 is 11.9 Å². The number of carbonyl (C=O) groups is 1. The molecule has 0 spiro atoms. The molecule has 1 amide bonds. The number of aliphatic hydroxyl groups excluding tert-OH is 1. The predicted molar refractivity (Wildman–Crippen MR) is 158 cm³/mol. The van der Waals surface area contributed by atoms with Crippen molar-refractivity contribution in [3.8, 4) is 0 Å². The second-order valence-electron chi connectivity index (χ2n) is 9.73. The number of rotatable bonds is 13. The smallest absolute Gasteiger partial charge is 0.215 e. The van der Waals surface area contributed by atoms with Crippen molar-refractivity contribution in [2.75, 3.05) is 0 Å². The van der Waals surface area contributed by atoms with E-state index in [1.54, 1.807) is 24.8 Å². The molecular formula is C29H43N5O2S. The minimum absolute atomic E-state index is 0.0708. The van der Waals surface area contributed by atoms with E-state index < -0.39 is 0 Å². The van der Waals surface area contributed by atoms with Crippen molar-refractivity contribution < 1.29 is 9.90 Å². The number of allylic oxidation sites excluding steroid dienone is 5. The van der Waals surface area contributed by atoms with Crippen molar-refractivity contribution in [1.82, 2.24) is 9.47 Å². The van der Waals surface area contributed by atoms with E-state index >= 15 is 0 Å². The summed E-state index contributed by atoms with van der Waals surface area (Å²) in [5.74, 6) is 1.28. The maximum absolute atomic E-state index is 12.2. The van der Waals surface area contributed by atoms with Crippen LogP contribution in [0.5, 0.6) is 0 Å². The van der Waals surface area contributed by atoms with E-state index in [0.29, 0.717) is 12.1 Å². The highest BCUT2D eigenvalue weighted by atomic mass is 32.2. The van der Waals surface area contributed by atoms with Crippen LogP contribution in [0.3, 0.4) is 0 Å². The Labute approximate surface area is 226 Å². The molecule has 0 unspecified atom stereocenters. The molecule has 0 atom stereocenters. The van der Waals surface area contributed by atoms with Crippen LogP contribution in [0.25, 0.3) is 5.70 Å². The van der Waals surface area contributed by atoms with Gasteiger partial charge in [0.05, 0.1) is 28.4 Å². The van der Waals surface area contributed by atoms with Crippen molar-refractivity contribution >= 4 is 35.7 Å². The van der Waals surface area contributed by atoms with Gasteiger partial charge in [0.2, 0.25) is 6.41 Å². The summed E-state index contributed by atoms with van der Waals surface area (Å²) in [6, 6.07) is 2.01. The zero-order chi connectivity index (χ0) is 27.4. The first kappa shape index (κ1) is 30.2. The fraction of sp³-hybridized carbons (Fsp3) is 0.483. The van der Waals surface area contributed by atoms with E-state index in [9.17, 15) is 9.90 Å². The van der Waals surface area contributed by atoms with Crippen LogP contribution in [-0.4, -0.2) is 38.2 Å². The molecular weight excluding hydrogens is 482 g/mol. The van der Waals surface area contributed by atoms with Crippen molar-refractivity contribution in [1.29, 1.82) is 0 Å².